The van der Waals surface area contributed by atoms with Gasteiger partial charge in [0.2, 0.25) is 52.7 Å². The average molecular weight is 1320 g/mol. The van der Waals surface area contributed by atoms with Crippen LogP contribution in [0.1, 0.15) is 114 Å². The number of cyclic esters (lactones) is 2. The van der Waals surface area contributed by atoms with E-state index in [0.717, 1.165) is 29.4 Å². The molecular weight excluding hydrogens is 1240 g/mol. The molecule has 10 amide bonds. The van der Waals surface area contributed by atoms with E-state index in [1.54, 1.807) is 55.4 Å². The number of esters is 2. The normalized spacial score (nSPS) is 28.1. The Kier molecular flexibility index (Phi) is 21.7. The van der Waals surface area contributed by atoms with Gasteiger partial charge in [-0.05, 0) is 77.3 Å². The monoisotopic (exact) mass is 1320 g/mol. The number of amides is 10. The molecule has 4 fully saturated rings. The molecule has 1 aromatic rings. The highest BCUT2D eigenvalue weighted by Crippen LogP contribution is 2.36. The zero-order valence-corrected chi connectivity index (χ0v) is 55.7. The van der Waals surface area contributed by atoms with Gasteiger partial charge in [0.05, 0.1) is 47.9 Å². The van der Waals surface area contributed by atoms with Gasteiger partial charge in [0, 0.05) is 46.2 Å². The third-order valence-corrected chi connectivity index (χ3v) is 18.2. The summed E-state index contributed by atoms with van der Waals surface area (Å²) in [6.45, 7) is 16.9. The van der Waals surface area contributed by atoms with E-state index < -0.39 is 221 Å². The number of nitrogens with zero attached hydrogens (tertiary/aromatic N) is 7. The molecule has 6 aliphatic rings. The maximum atomic E-state index is 15.2. The number of ether oxygens (including phenoxy) is 2. The van der Waals surface area contributed by atoms with Crippen molar-refractivity contribution in [3.05, 3.63) is 44.6 Å². The number of aliphatic hydroxyl groups excluding tert-OH is 1. The fourth-order valence-corrected chi connectivity index (χ4v) is 12.4. The van der Waals surface area contributed by atoms with Crippen molar-refractivity contribution in [3.8, 4) is 11.5 Å². The Bertz CT molecular complexity index is 3590. The molecule has 7 N–H and O–H groups in total. The minimum Gasteiger partial charge on any atom is -0.458 e. The topological polar surface area (TPSA) is 397 Å². The van der Waals surface area contributed by atoms with Crippen molar-refractivity contribution < 1.29 is 81.3 Å². The summed E-state index contributed by atoms with van der Waals surface area (Å²) >= 11 is 6.49. The highest BCUT2D eigenvalue weighted by molar-refractivity contribution is 6.19. The molecule has 0 bridgehead atoms. The number of anilines is 1. The Morgan fingerprint density at radius 1 is 0.710 bits per heavy atom. The summed E-state index contributed by atoms with van der Waals surface area (Å²) in [6, 6.07) is -11.7. The van der Waals surface area contributed by atoms with Crippen molar-refractivity contribution >= 4 is 105 Å². The van der Waals surface area contributed by atoms with Gasteiger partial charge in [-0.25, -0.2) is 14.6 Å². The van der Waals surface area contributed by atoms with Crippen LogP contribution < -0.4 is 32.4 Å². The van der Waals surface area contributed by atoms with Crippen molar-refractivity contribution in [3.63, 3.8) is 0 Å². The van der Waals surface area contributed by atoms with Crippen LogP contribution in [0.5, 0.6) is 0 Å². The molecule has 0 radical (unpaired) electrons. The lowest BCUT2D eigenvalue weighted by Gasteiger charge is -2.37. The van der Waals surface area contributed by atoms with Crippen LogP contribution in [0.25, 0.3) is 22.6 Å². The van der Waals surface area contributed by atoms with Crippen molar-refractivity contribution in [2.75, 3.05) is 52.9 Å². The van der Waals surface area contributed by atoms with Crippen molar-refractivity contribution in [2.45, 2.75) is 175 Å². The molecule has 1 aliphatic carbocycles. The lowest BCUT2D eigenvalue weighted by Crippen LogP contribution is -2.62. The van der Waals surface area contributed by atoms with Gasteiger partial charge in [0.1, 0.15) is 71.8 Å². The predicted molar refractivity (Wildman–Crippen MR) is 332 cm³/mol. The standard InChI is InChI=1S/C62H83ClN12O18/c1-24(2)42-58(86)74-28(8)19-36(77)49(74)60(88)71(14)23-39(79)73(16)48(26(5)6)62(90)91-32(12)44(55(83)66-42)68-53(81)33-18-17-27(7)51-45(33)65-47-40(41(64)50(80)29(9)52(47)93-51)54(82)69-46-37(21-63)92-61(89)31(11)72(15)38(78)22-70(13)57(85)34-20-35(76)30(10)75(34)59(87)43(25(3)4)67-56(46)84/h17-18,24-26,28,30-32,34,36-37,42-44,46,48-49,77H,19-23,64H2,1-16H3,(H,66,83)(H,67,84)(H,68,81)(H,69,82)/t28?,30?,31-,32+,34-,36?,37+,42+,43+,44+,46+,48-,49-/m0/s1. The number of nitrogens with one attached hydrogen (secondary N) is 4. The first-order chi connectivity index (χ1) is 43.4. The number of likely N-dealkylation sites (N-methyl/N-ethyl adjacent to an activating group) is 4. The molecule has 5 aliphatic heterocycles. The first kappa shape index (κ1) is 71.6. The minimum atomic E-state index is -2.09. The number of nitrogens with two attached hydrogens (primary N) is 1. The number of nitrogen functional groups attached to an aromatic ring is 1. The van der Waals surface area contributed by atoms with Gasteiger partial charge >= 0.3 is 11.9 Å². The van der Waals surface area contributed by atoms with Gasteiger partial charge in [0.25, 0.3) is 11.8 Å². The van der Waals surface area contributed by atoms with E-state index in [2.05, 4.69) is 21.3 Å². The minimum absolute atomic E-state index is 0.0330. The van der Waals surface area contributed by atoms with Crippen LogP contribution in [0.3, 0.4) is 0 Å². The van der Waals surface area contributed by atoms with Gasteiger partial charge in [-0.2, -0.15) is 0 Å². The number of fused-ring (bicyclic) bond motifs is 4. The van der Waals surface area contributed by atoms with Gasteiger partial charge in [-0.15, -0.1) is 11.6 Å². The quantitative estimate of drug-likeness (QED) is 0.0698. The largest absolute Gasteiger partial charge is 0.458 e. The molecular formula is C62H83ClN12O18. The fraction of sp³-hybridized carbons (Fsp3) is 0.597. The Labute approximate surface area is 541 Å². The number of benzene rings is 2. The molecule has 31 heteroatoms. The maximum Gasteiger partial charge on any atom is 0.329 e. The van der Waals surface area contributed by atoms with Crippen LogP contribution in [-0.2, 0) is 62.2 Å². The SMILES string of the molecule is Cc1c2oc3c(C)ccc(C(=O)N[C@H]4C(=O)N[C@H](C(C)C)C(=O)N5C(C)CC(O)[C@H]5C(=O)N(C)CC(=O)N(C)[C@@H](C(C)C)C(=O)O[C@@H]4C)c3nc-2c(C(=O)N[C@H]2C(=O)N[C@H](C(C)C)C(=O)N3C(C)C(=O)C[C@H]3C(=O)N(C)CC(=O)N(C)[C@@H](C)C(=O)O[C@@H]2CCl)c(N)c1=O. The first-order valence-electron chi connectivity index (χ1n) is 30.6. The molecule has 4 saturated heterocycles. The summed E-state index contributed by atoms with van der Waals surface area (Å²) in [6.07, 6.45) is -5.24. The summed E-state index contributed by atoms with van der Waals surface area (Å²) in [5.74, 6) is -15.3. The van der Waals surface area contributed by atoms with Gasteiger partial charge < -0.3 is 75.4 Å². The van der Waals surface area contributed by atoms with E-state index in [1.165, 1.54) is 68.0 Å². The van der Waals surface area contributed by atoms with Crippen LogP contribution >= 0.6 is 11.6 Å². The Balaban J connectivity index is 1.34. The highest BCUT2D eigenvalue weighted by atomic mass is 35.5. The number of hydrogen-bond donors (Lipinski definition) is 6. The van der Waals surface area contributed by atoms with E-state index in [4.69, 9.17) is 36.2 Å². The van der Waals surface area contributed by atoms with Crippen molar-refractivity contribution in [2.24, 2.45) is 17.8 Å². The van der Waals surface area contributed by atoms with Crippen molar-refractivity contribution in [1.29, 1.82) is 0 Å². The molecule has 0 saturated carbocycles. The van der Waals surface area contributed by atoms with Crippen LogP contribution in [0.4, 0.5) is 5.69 Å². The number of aryl methyl sites for hydroxylation is 1. The van der Waals surface area contributed by atoms with Gasteiger partial charge in [-0.1, -0.05) is 47.6 Å². The van der Waals surface area contributed by atoms with E-state index in [0.29, 0.717) is 5.56 Å². The second-order valence-corrected chi connectivity index (χ2v) is 25.9. The van der Waals surface area contributed by atoms with Crippen molar-refractivity contribution in [1.82, 2.24) is 55.7 Å². The molecule has 30 nitrogen and oxygen atoms in total. The Morgan fingerprint density at radius 3 is 1.83 bits per heavy atom. The molecule has 93 heavy (non-hydrogen) atoms. The molecule has 1 aromatic carbocycles. The molecule has 5 heterocycles. The second-order valence-electron chi connectivity index (χ2n) is 25.6. The summed E-state index contributed by atoms with van der Waals surface area (Å²) in [5, 5.41) is 21.6. The third kappa shape index (κ3) is 14.0. The summed E-state index contributed by atoms with van der Waals surface area (Å²) in [7, 11) is 5.16. The van der Waals surface area contributed by atoms with Crippen LogP contribution in [0.2, 0.25) is 0 Å². The Morgan fingerprint density at radius 2 is 1.26 bits per heavy atom. The summed E-state index contributed by atoms with van der Waals surface area (Å²) in [4.78, 5) is 212. The van der Waals surface area contributed by atoms with Gasteiger partial charge in [-0.3, -0.25) is 57.5 Å². The zero-order chi connectivity index (χ0) is 69.6. The van der Waals surface area contributed by atoms with E-state index in [9.17, 15) is 62.6 Å². The number of halogens is 1. The number of ketones is 1. The lowest BCUT2D eigenvalue weighted by molar-refractivity contribution is -0.163. The maximum absolute atomic E-state index is 15.2. The Hall–Kier alpha value is -8.80. The molecule has 506 valence electrons. The summed E-state index contributed by atoms with van der Waals surface area (Å²) in [5.41, 5.74) is 2.91. The number of carbonyl (C=O) groups excluding carboxylic acids is 13. The number of hydrogen-bond acceptors (Lipinski definition) is 20. The number of alkyl halides is 1. The number of aromatic nitrogens is 1. The van der Waals surface area contributed by atoms with E-state index >= 15 is 9.59 Å². The predicted octanol–water partition coefficient (Wildman–Crippen LogP) is -0.765. The molecule has 13 atom stereocenters. The van der Waals surface area contributed by atoms with E-state index in [1.807, 2.05) is 0 Å². The number of Topliss-reactive ketones (excluding diaryl/α,β-unsaturated/α-hetero) is 1. The molecule has 0 aromatic heterocycles. The molecule has 0 spiro atoms. The van der Waals surface area contributed by atoms with E-state index in [-0.39, 0.29) is 34.4 Å². The smallest absolute Gasteiger partial charge is 0.329 e. The number of rotatable bonds is 8. The average Bonchev–Trinajstić information content (AvgIpc) is 1.54. The zero-order valence-electron chi connectivity index (χ0n) is 54.9. The van der Waals surface area contributed by atoms with Crippen LogP contribution in [-0.4, -0.2) is 242 Å². The number of carbonyl (C=O) groups is 13. The fourth-order valence-electron chi connectivity index (χ4n) is 12.2. The van der Waals surface area contributed by atoms with Gasteiger partial charge in [0.15, 0.2) is 17.1 Å². The highest BCUT2D eigenvalue weighted by Gasteiger charge is 2.52. The third-order valence-electron chi connectivity index (χ3n) is 17.9. The summed E-state index contributed by atoms with van der Waals surface area (Å²) < 4.78 is 18.1. The second kappa shape index (κ2) is 28.2. The van der Waals surface area contributed by atoms with Crippen LogP contribution in [0.15, 0.2) is 21.3 Å². The van der Waals surface area contributed by atoms with Crippen LogP contribution in [0, 0.1) is 31.6 Å². The molecule has 7 rings (SSSR count). The lowest BCUT2D eigenvalue weighted by atomic mass is 9.98. The number of aliphatic hydroxyl groups is 1. The molecule has 3 unspecified atom stereocenters. The first-order valence-corrected chi connectivity index (χ1v) is 31.1.